The van der Waals surface area contributed by atoms with E-state index in [9.17, 15) is 0 Å². The summed E-state index contributed by atoms with van der Waals surface area (Å²) in [6, 6.07) is 6.15. The Labute approximate surface area is 108 Å². The number of nitrogen functional groups attached to an aromatic ring is 1. The molecule has 2 rings (SSSR count). The van der Waals surface area contributed by atoms with Crippen LogP contribution in [0.4, 0.5) is 11.5 Å². The lowest BCUT2D eigenvalue weighted by Gasteiger charge is -2.22. The molecule has 1 aromatic carbocycles. The fourth-order valence-electron chi connectivity index (χ4n) is 2.10. The van der Waals surface area contributed by atoms with Crippen molar-refractivity contribution in [3.8, 4) is 0 Å². The lowest BCUT2D eigenvalue weighted by atomic mass is 10.0. The number of fused-ring (bicyclic) bond motifs is 1. The average molecular weight is 244 g/mol. The second-order valence-electron chi connectivity index (χ2n) is 4.90. The van der Waals surface area contributed by atoms with E-state index in [1.54, 1.807) is 6.33 Å². The Morgan fingerprint density at radius 2 is 2.06 bits per heavy atom. The quantitative estimate of drug-likeness (QED) is 0.811. The highest BCUT2D eigenvalue weighted by molar-refractivity contribution is 5.90. The third-order valence-corrected chi connectivity index (χ3v) is 3.23. The lowest BCUT2D eigenvalue weighted by molar-refractivity contribution is 0.510. The maximum atomic E-state index is 5.77. The van der Waals surface area contributed by atoms with Crippen LogP contribution >= 0.6 is 0 Å². The molecule has 18 heavy (non-hydrogen) atoms. The number of nitrogens with one attached hydrogen (secondary N) is 1. The molecule has 1 heterocycles. The Morgan fingerprint density at radius 1 is 1.28 bits per heavy atom. The molecule has 0 aliphatic carbocycles. The van der Waals surface area contributed by atoms with Gasteiger partial charge in [-0.1, -0.05) is 20.8 Å². The predicted octanol–water partition coefficient (Wildman–Crippen LogP) is 3.06. The molecule has 0 saturated carbocycles. The lowest BCUT2D eigenvalue weighted by Crippen LogP contribution is -2.25. The Kier molecular flexibility index (Phi) is 3.65. The van der Waals surface area contributed by atoms with Crippen molar-refractivity contribution in [1.29, 1.82) is 0 Å². The number of hydrogen-bond donors (Lipinski definition) is 2. The second-order valence-corrected chi connectivity index (χ2v) is 4.90. The molecule has 0 aliphatic rings. The largest absolute Gasteiger partial charge is 0.399 e. The van der Waals surface area contributed by atoms with Gasteiger partial charge in [-0.15, -0.1) is 0 Å². The molecule has 4 heteroatoms. The number of rotatable bonds is 4. The van der Waals surface area contributed by atoms with Crippen LogP contribution in [-0.2, 0) is 0 Å². The zero-order chi connectivity index (χ0) is 13.1. The third kappa shape index (κ3) is 2.53. The Balaban J connectivity index is 2.39. The number of hydrogen-bond acceptors (Lipinski definition) is 4. The first-order chi connectivity index (χ1) is 8.61. The van der Waals surface area contributed by atoms with Gasteiger partial charge in [0.05, 0.1) is 5.52 Å². The molecule has 0 amide bonds. The van der Waals surface area contributed by atoms with Crippen LogP contribution in [0, 0.1) is 5.92 Å². The van der Waals surface area contributed by atoms with Crippen LogP contribution in [0.25, 0.3) is 10.9 Å². The number of aromatic nitrogens is 2. The van der Waals surface area contributed by atoms with E-state index in [4.69, 9.17) is 5.73 Å². The number of anilines is 2. The van der Waals surface area contributed by atoms with Gasteiger partial charge in [0.25, 0.3) is 0 Å². The van der Waals surface area contributed by atoms with E-state index in [2.05, 4.69) is 36.1 Å². The highest BCUT2D eigenvalue weighted by Gasteiger charge is 2.13. The molecule has 1 aromatic heterocycles. The first kappa shape index (κ1) is 12.6. The second kappa shape index (κ2) is 5.21. The summed E-state index contributed by atoms with van der Waals surface area (Å²) >= 11 is 0. The highest BCUT2D eigenvalue weighted by Crippen LogP contribution is 2.23. The van der Waals surface area contributed by atoms with E-state index in [-0.39, 0.29) is 0 Å². The molecule has 96 valence electrons. The van der Waals surface area contributed by atoms with Gasteiger partial charge >= 0.3 is 0 Å². The monoisotopic (exact) mass is 244 g/mol. The van der Waals surface area contributed by atoms with Crippen LogP contribution in [0.1, 0.15) is 27.2 Å². The van der Waals surface area contributed by atoms with Crippen LogP contribution in [0.3, 0.4) is 0 Å². The summed E-state index contributed by atoms with van der Waals surface area (Å²) in [6.45, 7) is 6.60. The van der Waals surface area contributed by atoms with Crippen molar-refractivity contribution in [2.75, 3.05) is 11.1 Å². The van der Waals surface area contributed by atoms with E-state index in [0.29, 0.717) is 12.0 Å². The van der Waals surface area contributed by atoms with Gasteiger partial charge in [-0.2, -0.15) is 0 Å². The summed E-state index contributed by atoms with van der Waals surface area (Å²) < 4.78 is 0. The summed E-state index contributed by atoms with van der Waals surface area (Å²) in [7, 11) is 0. The van der Waals surface area contributed by atoms with Crippen molar-refractivity contribution in [3.63, 3.8) is 0 Å². The summed E-state index contributed by atoms with van der Waals surface area (Å²) in [5.74, 6) is 1.45. The third-order valence-electron chi connectivity index (χ3n) is 3.23. The van der Waals surface area contributed by atoms with Crippen LogP contribution < -0.4 is 11.1 Å². The number of benzene rings is 1. The maximum Gasteiger partial charge on any atom is 0.137 e. The number of nitrogens with two attached hydrogens (primary N) is 1. The molecule has 3 N–H and O–H groups in total. The minimum Gasteiger partial charge on any atom is -0.399 e. The summed E-state index contributed by atoms with van der Waals surface area (Å²) in [6.07, 6.45) is 2.65. The van der Waals surface area contributed by atoms with Gasteiger partial charge < -0.3 is 11.1 Å². The SMILES string of the molecule is CCC(Nc1ncnc2cc(N)ccc12)C(C)C. The van der Waals surface area contributed by atoms with Gasteiger partial charge in [0, 0.05) is 17.1 Å². The van der Waals surface area contributed by atoms with Gasteiger partial charge in [-0.05, 0) is 30.5 Å². The van der Waals surface area contributed by atoms with Crippen molar-refractivity contribution >= 4 is 22.4 Å². The van der Waals surface area contributed by atoms with E-state index < -0.39 is 0 Å². The highest BCUT2D eigenvalue weighted by atomic mass is 15.0. The van der Waals surface area contributed by atoms with Gasteiger partial charge in [0.15, 0.2) is 0 Å². The Morgan fingerprint density at radius 3 is 2.72 bits per heavy atom. The molecule has 0 spiro atoms. The van der Waals surface area contributed by atoms with E-state index in [1.807, 2.05) is 18.2 Å². The molecular formula is C14H20N4. The minimum atomic E-state index is 0.417. The van der Waals surface area contributed by atoms with Crippen LogP contribution in [0.2, 0.25) is 0 Å². The van der Waals surface area contributed by atoms with Crippen molar-refractivity contribution in [1.82, 2.24) is 9.97 Å². The summed E-state index contributed by atoms with van der Waals surface area (Å²) in [5.41, 5.74) is 7.37. The Bertz CT molecular complexity index is 536. The van der Waals surface area contributed by atoms with Gasteiger partial charge in [-0.25, -0.2) is 9.97 Å². The van der Waals surface area contributed by atoms with Crippen LogP contribution in [0.5, 0.6) is 0 Å². The topological polar surface area (TPSA) is 63.8 Å². The zero-order valence-electron chi connectivity index (χ0n) is 11.1. The molecule has 0 saturated heterocycles. The standard InChI is InChI=1S/C14H20N4/c1-4-12(9(2)3)18-14-11-6-5-10(15)7-13(11)16-8-17-14/h5-9,12H,4,15H2,1-3H3,(H,16,17,18). The van der Waals surface area contributed by atoms with Crippen LogP contribution in [-0.4, -0.2) is 16.0 Å². The van der Waals surface area contributed by atoms with Gasteiger partial charge in [-0.3, -0.25) is 0 Å². The predicted molar refractivity (Wildman–Crippen MR) is 76.5 cm³/mol. The molecule has 0 aliphatic heterocycles. The van der Waals surface area contributed by atoms with Crippen molar-refractivity contribution in [2.45, 2.75) is 33.2 Å². The summed E-state index contributed by atoms with van der Waals surface area (Å²) in [4.78, 5) is 8.59. The van der Waals surface area contributed by atoms with E-state index in [1.165, 1.54) is 0 Å². The smallest absolute Gasteiger partial charge is 0.137 e. The molecule has 1 atom stereocenters. The molecule has 4 nitrogen and oxygen atoms in total. The number of nitrogens with zero attached hydrogens (tertiary/aromatic N) is 2. The first-order valence-electron chi connectivity index (χ1n) is 6.38. The minimum absolute atomic E-state index is 0.417. The molecule has 0 fully saturated rings. The Hall–Kier alpha value is -1.84. The van der Waals surface area contributed by atoms with Gasteiger partial charge in [0.1, 0.15) is 12.1 Å². The summed E-state index contributed by atoms with van der Waals surface area (Å²) in [5, 5.41) is 4.52. The molecule has 1 unspecified atom stereocenters. The van der Waals surface area contributed by atoms with Gasteiger partial charge in [0.2, 0.25) is 0 Å². The fraction of sp³-hybridized carbons (Fsp3) is 0.429. The van der Waals surface area contributed by atoms with Crippen molar-refractivity contribution < 1.29 is 0 Å². The van der Waals surface area contributed by atoms with E-state index in [0.717, 1.165) is 28.8 Å². The van der Waals surface area contributed by atoms with E-state index >= 15 is 0 Å². The average Bonchev–Trinajstić information content (AvgIpc) is 2.35. The van der Waals surface area contributed by atoms with Crippen molar-refractivity contribution in [3.05, 3.63) is 24.5 Å². The fourth-order valence-corrected chi connectivity index (χ4v) is 2.10. The molecule has 2 aromatic rings. The maximum absolute atomic E-state index is 5.77. The normalized spacial score (nSPS) is 12.9. The van der Waals surface area contributed by atoms with Crippen molar-refractivity contribution in [2.24, 2.45) is 5.92 Å². The van der Waals surface area contributed by atoms with Crippen LogP contribution in [0.15, 0.2) is 24.5 Å². The molecule has 0 bridgehead atoms. The first-order valence-corrected chi connectivity index (χ1v) is 6.38. The molecular weight excluding hydrogens is 224 g/mol. The zero-order valence-corrected chi connectivity index (χ0v) is 11.1. The molecule has 0 radical (unpaired) electrons.